The molecule has 0 aliphatic heterocycles. The van der Waals surface area contributed by atoms with Crippen LogP contribution in [0.15, 0.2) is 59.6 Å². The first-order valence-electron chi connectivity index (χ1n) is 6.94. The molecule has 114 valence electrons. The van der Waals surface area contributed by atoms with Crippen LogP contribution in [0.5, 0.6) is 0 Å². The first-order valence-corrected chi connectivity index (χ1v) is 8.38. The lowest BCUT2D eigenvalue weighted by atomic mass is 10.1. The van der Waals surface area contributed by atoms with Gasteiger partial charge in [0.1, 0.15) is 0 Å². The second-order valence-corrected chi connectivity index (χ2v) is 7.03. The van der Waals surface area contributed by atoms with Gasteiger partial charge in [-0.2, -0.15) is 0 Å². The van der Waals surface area contributed by atoms with E-state index in [2.05, 4.69) is 0 Å². The van der Waals surface area contributed by atoms with E-state index in [4.69, 9.17) is 4.74 Å². The molecular formula is C17H17NO3S. The fourth-order valence-electron chi connectivity index (χ4n) is 2.52. The van der Waals surface area contributed by atoms with E-state index in [1.54, 1.807) is 43.6 Å². The van der Waals surface area contributed by atoms with Crippen LogP contribution in [-0.4, -0.2) is 19.5 Å². The normalized spacial score (nSPS) is 11.9. The molecule has 0 N–H and O–H groups in total. The van der Waals surface area contributed by atoms with Gasteiger partial charge in [0.2, 0.25) is 0 Å². The van der Waals surface area contributed by atoms with E-state index >= 15 is 0 Å². The van der Waals surface area contributed by atoms with Gasteiger partial charge in [0.15, 0.2) is 0 Å². The van der Waals surface area contributed by atoms with Crippen LogP contribution in [0.4, 0.5) is 0 Å². The summed E-state index contributed by atoms with van der Waals surface area (Å²) in [6.45, 7) is 2.38. The fourth-order valence-corrected chi connectivity index (χ4v) is 3.87. The van der Waals surface area contributed by atoms with Crippen molar-refractivity contribution >= 4 is 20.9 Å². The molecule has 0 fully saturated rings. The molecule has 0 amide bonds. The number of nitrogens with zero attached hydrogens (tertiary/aromatic N) is 1. The molecule has 0 aliphatic rings. The maximum atomic E-state index is 12.8. The molecule has 0 saturated heterocycles. The van der Waals surface area contributed by atoms with Gasteiger partial charge in [-0.05, 0) is 36.8 Å². The Morgan fingerprint density at radius 1 is 1.05 bits per heavy atom. The summed E-state index contributed by atoms with van der Waals surface area (Å²) >= 11 is 0. The molecule has 0 spiro atoms. The minimum absolute atomic E-state index is 0.285. The molecule has 0 atom stereocenters. The van der Waals surface area contributed by atoms with Crippen LogP contribution in [-0.2, 0) is 21.4 Å². The monoisotopic (exact) mass is 315 g/mol. The first-order chi connectivity index (χ1) is 10.5. The van der Waals surface area contributed by atoms with Crippen LogP contribution in [0, 0.1) is 6.92 Å². The molecule has 0 unspecified atom stereocenters. The van der Waals surface area contributed by atoms with Crippen molar-refractivity contribution in [3.05, 3.63) is 65.9 Å². The van der Waals surface area contributed by atoms with E-state index in [9.17, 15) is 8.42 Å². The van der Waals surface area contributed by atoms with Crippen LogP contribution in [0.1, 0.15) is 11.1 Å². The van der Waals surface area contributed by atoms with E-state index in [-0.39, 0.29) is 4.90 Å². The van der Waals surface area contributed by atoms with Crippen molar-refractivity contribution in [2.24, 2.45) is 0 Å². The minimum atomic E-state index is -3.59. The fraction of sp³-hybridized carbons (Fsp3) is 0.176. The van der Waals surface area contributed by atoms with Gasteiger partial charge in [-0.25, -0.2) is 12.4 Å². The number of hydrogen-bond acceptors (Lipinski definition) is 3. The summed E-state index contributed by atoms with van der Waals surface area (Å²) < 4.78 is 32.1. The maximum absolute atomic E-state index is 12.8. The molecule has 0 bridgehead atoms. The van der Waals surface area contributed by atoms with Crippen LogP contribution in [0.3, 0.4) is 0 Å². The Labute approximate surface area is 130 Å². The van der Waals surface area contributed by atoms with Crippen molar-refractivity contribution in [1.29, 1.82) is 0 Å². The van der Waals surface area contributed by atoms with Crippen LogP contribution in [0.2, 0.25) is 0 Å². The van der Waals surface area contributed by atoms with Crippen molar-refractivity contribution in [2.75, 3.05) is 7.11 Å². The summed E-state index contributed by atoms with van der Waals surface area (Å²) in [5.41, 5.74) is 2.66. The summed E-state index contributed by atoms with van der Waals surface area (Å²) in [5.74, 6) is 0. The molecule has 3 aromatic rings. The summed E-state index contributed by atoms with van der Waals surface area (Å²) in [6, 6.07) is 14.3. The Hall–Kier alpha value is -2.11. The quantitative estimate of drug-likeness (QED) is 0.742. The summed E-state index contributed by atoms with van der Waals surface area (Å²) in [7, 11) is -1.97. The van der Waals surface area contributed by atoms with Crippen molar-refractivity contribution < 1.29 is 13.2 Å². The zero-order valence-electron chi connectivity index (χ0n) is 12.5. The smallest absolute Gasteiger partial charge is 0.268 e. The molecular weight excluding hydrogens is 298 g/mol. The third-order valence-corrected chi connectivity index (χ3v) is 5.37. The van der Waals surface area contributed by atoms with Crippen molar-refractivity contribution in [3.8, 4) is 0 Å². The van der Waals surface area contributed by atoms with E-state index in [0.29, 0.717) is 12.1 Å². The third kappa shape index (κ3) is 2.42. The highest BCUT2D eigenvalue weighted by atomic mass is 32.2. The number of ether oxygens (including phenoxy) is 1. The lowest BCUT2D eigenvalue weighted by Gasteiger charge is -2.09. The Morgan fingerprint density at radius 3 is 2.45 bits per heavy atom. The minimum Gasteiger partial charge on any atom is -0.380 e. The molecule has 2 aromatic carbocycles. The van der Waals surface area contributed by atoms with E-state index in [1.165, 1.54) is 3.97 Å². The van der Waals surface area contributed by atoms with Crippen molar-refractivity contribution in [2.45, 2.75) is 18.4 Å². The molecule has 22 heavy (non-hydrogen) atoms. The summed E-state index contributed by atoms with van der Waals surface area (Å²) in [5, 5.41) is 0.889. The first kappa shape index (κ1) is 14.8. The Kier molecular flexibility index (Phi) is 3.76. The van der Waals surface area contributed by atoms with Gasteiger partial charge >= 0.3 is 0 Å². The average Bonchev–Trinajstić information content (AvgIpc) is 2.94. The molecule has 5 heteroatoms. The molecule has 4 nitrogen and oxygen atoms in total. The lowest BCUT2D eigenvalue weighted by Crippen LogP contribution is -2.11. The average molecular weight is 315 g/mol. The van der Waals surface area contributed by atoms with Gasteiger partial charge in [-0.1, -0.05) is 29.8 Å². The van der Waals surface area contributed by atoms with E-state index < -0.39 is 10.0 Å². The zero-order chi connectivity index (χ0) is 15.7. The number of aromatic nitrogens is 1. The number of aryl methyl sites for hydroxylation is 1. The van der Waals surface area contributed by atoms with Gasteiger partial charge in [-0.15, -0.1) is 0 Å². The van der Waals surface area contributed by atoms with Crippen molar-refractivity contribution in [1.82, 2.24) is 3.97 Å². The molecule has 0 saturated carbocycles. The van der Waals surface area contributed by atoms with E-state index in [0.717, 1.165) is 16.5 Å². The second kappa shape index (κ2) is 5.59. The van der Waals surface area contributed by atoms with Gasteiger partial charge in [-0.3, -0.25) is 0 Å². The van der Waals surface area contributed by atoms with E-state index in [1.807, 2.05) is 25.1 Å². The highest BCUT2D eigenvalue weighted by Gasteiger charge is 2.19. The van der Waals surface area contributed by atoms with Crippen LogP contribution in [0.25, 0.3) is 10.9 Å². The highest BCUT2D eigenvalue weighted by molar-refractivity contribution is 7.90. The van der Waals surface area contributed by atoms with Crippen molar-refractivity contribution in [3.63, 3.8) is 0 Å². The zero-order valence-corrected chi connectivity index (χ0v) is 13.3. The number of hydrogen-bond donors (Lipinski definition) is 0. The molecule has 1 heterocycles. The van der Waals surface area contributed by atoms with Gasteiger partial charge in [0, 0.05) is 18.7 Å². The molecule has 0 aliphatic carbocycles. The summed E-state index contributed by atoms with van der Waals surface area (Å²) in [6.07, 6.45) is 1.60. The standard InChI is InChI=1S/C17H17NO3S/c1-13-6-8-15(9-7-13)22(19,20)18-11-10-16-14(12-21-2)4-3-5-17(16)18/h3-11H,12H2,1-2H3. The van der Waals surface area contributed by atoms with Gasteiger partial charge in [0.25, 0.3) is 10.0 Å². The Bertz CT molecular complexity index is 909. The predicted molar refractivity (Wildman–Crippen MR) is 86.4 cm³/mol. The molecule has 3 rings (SSSR count). The molecule has 0 radical (unpaired) electrons. The Morgan fingerprint density at radius 2 is 1.77 bits per heavy atom. The summed E-state index contributed by atoms with van der Waals surface area (Å²) in [4.78, 5) is 0.285. The van der Waals surface area contributed by atoms with Crippen LogP contribution >= 0.6 is 0 Å². The highest BCUT2D eigenvalue weighted by Crippen LogP contribution is 2.25. The molecule has 1 aromatic heterocycles. The van der Waals surface area contributed by atoms with Gasteiger partial charge < -0.3 is 4.74 Å². The number of methoxy groups -OCH3 is 1. The third-order valence-electron chi connectivity index (χ3n) is 3.67. The topological polar surface area (TPSA) is 48.3 Å². The Balaban J connectivity index is 2.17. The second-order valence-electron chi connectivity index (χ2n) is 5.21. The number of rotatable bonds is 4. The maximum Gasteiger partial charge on any atom is 0.268 e. The SMILES string of the molecule is COCc1cccc2c1ccn2S(=O)(=O)c1ccc(C)cc1. The number of benzene rings is 2. The lowest BCUT2D eigenvalue weighted by molar-refractivity contribution is 0.186. The largest absolute Gasteiger partial charge is 0.380 e. The van der Waals surface area contributed by atoms with Gasteiger partial charge in [0.05, 0.1) is 17.0 Å². The predicted octanol–water partition coefficient (Wildman–Crippen LogP) is 3.33. The van der Waals surface area contributed by atoms with Crippen LogP contribution < -0.4 is 0 Å². The number of fused-ring (bicyclic) bond motifs is 1.